The van der Waals surface area contributed by atoms with Crippen molar-refractivity contribution in [3.8, 4) is 0 Å². The molecule has 3 atom stereocenters. The van der Waals surface area contributed by atoms with E-state index in [1.807, 2.05) is 6.92 Å². The molecule has 8 nitrogen and oxygen atoms in total. The van der Waals surface area contributed by atoms with Crippen molar-refractivity contribution in [3.63, 3.8) is 0 Å². The van der Waals surface area contributed by atoms with Gasteiger partial charge < -0.3 is 24.1 Å². The Labute approximate surface area is 204 Å². The molecule has 3 heterocycles. The minimum Gasteiger partial charge on any atom is -0.477 e. The summed E-state index contributed by atoms with van der Waals surface area (Å²) in [5.41, 5.74) is 1.01. The molecule has 3 rings (SSSR count). The van der Waals surface area contributed by atoms with Gasteiger partial charge in [0.2, 0.25) is 5.91 Å². The highest BCUT2D eigenvalue weighted by molar-refractivity contribution is 6.74. The molecular weight excluding hydrogens is 452 g/mol. The first kappa shape index (κ1) is 26.5. The molecule has 0 bridgehead atoms. The second-order valence-electron chi connectivity index (χ2n) is 11.3. The van der Waals surface area contributed by atoms with E-state index in [0.29, 0.717) is 25.9 Å². The monoisotopic (exact) mass is 492 g/mol. The Morgan fingerprint density at radius 3 is 2.41 bits per heavy atom. The highest BCUT2D eigenvalue weighted by Crippen LogP contribution is 2.48. The van der Waals surface area contributed by atoms with Gasteiger partial charge in [0.05, 0.1) is 18.1 Å². The van der Waals surface area contributed by atoms with E-state index in [1.165, 1.54) is 4.90 Å². The summed E-state index contributed by atoms with van der Waals surface area (Å²) in [7, 11) is -2.05. The Kier molecular flexibility index (Phi) is 7.67. The molecule has 0 aliphatic carbocycles. The number of likely N-dealkylation sites (tertiary alicyclic amines) is 1. The van der Waals surface area contributed by atoms with Crippen LogP contribution in [-0.2, 0) is 18.8 Å². The summed E-state index contributed by atoms with van der Waals surface area (Å²) in [4.78, 5) is 40.4. The van der Waals surface area contributed by atoms with Gasteiger partial charge in [0.25, 0.3) is 0 Å². The van der Waals surface area contributed by atoms with E-state index in [9.17, 15) is 19.5 Å². The summed E-state index contributed by atoms with van der Waals surface area (Å²) in [5, 5.41) is 9.95. The third kappa shape index (κ3) is 5.10. The number of fused-ring (bicyclic) bond motifs is 1. The molecule has 1 N–H and O–H groups in total. The number of carboxylic acid groups (broad SMARTS) is 1. The molecule has 0 unspecified atom stereocenters. The Bertz CT molecular complexity index is 869. The van der Waals surface area contributed by atoms with Crippen molar-refractivity contribution in [3.05, 3.63) is 23.9 Å². The number of carbonyl (C=O) groups excluding carboxylic acids is 2. The van der Waals surface area contributed by atoms with Gasteiger partial charge in [0, 0.05) is 13.1 Å². The smallest absolute Gasteiger partial charge is 0.410 e. The molecule has 0 aromatic rings. The zero-order valence-corrected chi connectivity index (χ0v) is 22.4. The van der Waals surface area contributed by atoms with Crippen molar-refractivity contribution in [2.24, 2.45) is 11.8 Å². The number of nitrogens with zero attached hydrogens (tertiary/aromatic N) is 2. The van der Waals surface area contributed by atoms with Gasteiger partial charge in [0.1, 0.15) is 12.3 Å². The molecule has 3 aliphatic heterocycles. The first-order valence-electron chi connectivity index (χ1n) is 12.3. The predicted octanol–water partition coefficient (Wildman–Crippen LogP) is 4.39. The molecule has 0 spiro atoms. The molecule has 3 aliphatic rings. The van der Waals surface area contributed by atoms with Crippen LogP contribution in [0.2, 0.25) is 18.1 Å². The van der Waals surface area contributed by atoms with E-state index in [0.717, 1.165) is 18.4 Å². The lowest BCUT2D eigenvalue weighted by atomic mass is 9.82. The Morgan fingerprint density at radius 1 is 1.26 bits per heavy atom. The number of rotatable bonds is 8. The van der Waals surface area contributed by atoms with Crippen molar-refractivity contribution < 1.29 is 28.7 Å². The normalized spacial score (nSPS) is 24.6. The number of hydrogen-bond donors (Lipinski definition) is 1. The summed E-state index contributed by atoms with van der Waals surface area (Å²) in [5.74, 6) is -1.19. The number of β-lactam (4-membered cyclic amide) rings is 1. The van der Waals surface area contributed by atoms with Crippen molar-refractivity contribution in [1.29, 1.82) is 0 Å². The fourth-order valence-electron chi connectivity index (χ4n) is 5.13. The average molecular weight is 493 g/mol. The van der Waals surface area contributed by atoms with E-state index in [1.54, 1.807) is 11.0 Å². The van der Waals surface area contributed by atoms with Crippen LogP contribution in [0.4, 0.5) is 4.79 Å². The maximum absolute atomic E-state index is 13.1. The molecule has 34 heavy (non-hydrogen) atoms. The summed E-state index contributed by atoms with van der Waals surface area (Å²) < 4.78 is 11.6. The second-order valence-corrected chi connectivity index (χ2v) is 16.1. The molecule has 0 radical (unpaired) electrons. The summed E-state index contributed by atoms with van der Waals surface area (Å²) in [6, 6.07) is -0.137. The summed E-state index contributed by atoms with van der Waals surface area (Å²) in [6.45, 7) is 17.7. The fraction of sp³-hybridized carbons (Fsp3) is 0.720. The van der Waals surface area contributed by atoms with Gasteiger partial charge in [-0.3, -0.25) is 4.79 Å². The number of carboxylic acids is 1. The van der Waals surface area contributed by atoms with Gasteiger partial charge in [-0.05, 0) is 62.2 Å². The van der Waals surface area contributed by atoms with Gasteiger partial charge in [-0.25, -0.2) is 9.59 Å². The zero-order chi connectivity index (χ0) is 25.4. The van der Waals surface area contributed by atoms with Crippen LogP contribution in [0.15, 0.2) is 23.9 Å². The van der Waals surface area contributed by atoms with Gasteiger partial charge >= 0.3 is 12.1 Å². The molecule has 9 heteroatoms. The van der Waals surface area contributed by atoms with Crippen LogP contribution in [-0.4, -0.2) is 73.0 Å². The first-order chi connectivity index (χ1) is 15.8. The maximum Gasteiger partial charge on any atom is 0.410 e. The number of ether oxygens (including phenoxy) is 1. The number of aliphatic carboxylic acids is 1. The molecule has 2 amide bonds. The first-order valence-corrected chi connectivity index (χ1v) is 15.2. The third-order valence-corrected chi connectivity index (χ3v) is 12.6. The highest BCUT2D eigenvalue weighted by Gasteiger charge is 2.58. The van der Waals surface area contributed by atoms with Crippen LogP contribution in [0.5, 0.6) is 0 Å². The molecule has 0 aromatic heterocycles. The molecular formula is C25H40N2O6Si. The number of amides is 2. The van der Waals surface area contributed by atoms with E-state index in [4.69, 9.17) is 9.16 Å². The molecule has 2 saturated heterocycles. The highest BCUT2D eigenvalue weighted by atomic mass is 28.4. The molecule has 0 aromatic carbocycles. The Hall–Kier alpha value is -2.13. The van der Waals surface area contributed by atoms with Crippen LogP contribution in [0.25, 0.3) is 0 Å². The maximum atomic E-state index is 13.1. The molecule has 0 saturated carbocycles. The summed E-state index contributed by atoms with van der Waals surface area (Å²) >= 11 is 0. The van der Waals surface area contributed by atoms with E-state index < -0.39 is 14.3 Å². The van der Waals surface area contributed by atoms with Crippen LogP contribution in [0.3, 0.4) is 0 Å². The Balaban J connectivity index is 1.64. The van der Waals surface area contributed by atoms with E-state index in [-0.39, 0.29) is 53.3 Å². The average Bonchev–Trinajstić information content (AvgIpc) is 3.05. The van der Waals surface area contributed by atoms with Crippen LogP contribution < -0.4 is 0 Å². The number of carbonyl (C=O) groups is 3. The number of hydrogen-bond acceptors (Lipinski definition) is 5. The molecule has 2 fully saturated rings. The Morgan fingerprint density at radius 2 is 1.88 bits per heavy atom. The van der Waals surface area contributed by atoms with E-state index >= 15 is 0 Å². The van der Waals surface area contributed by atoms with Gasteiger partial charge in [-0.2, -0.15) is 0 Å². The lowest BCUT2D eigenvalue weighted by Crippen LogP contribution is -2.63. The minimum atomic E-state index is -2.05. The van der Waals surface area contributed by atoms with Crippen LogP contribution in [0.1, 0.15) is 53.4 Å². The quantitative estimate of drug-likeness (QED) is 0.307. The van der Waals surface area contributed by atoms with Crippen LogP contribution in [0, 0.1) is 11.8 Å². The second kappa shape index (κ2) is 9.85. The largest absolute Gasteiger partial charge is 0.477 e. The standard InChI is InChI=1S/C25H40N2O6Si/c1-8-13-32-24(31)26-11-9-17(10-12-26)14-18-15-19-20(22(28)27(19)21(18)23(29)30)16(2)33-34(6,7)25(3,4)5/h8,16-17,19-20H,1,9-15H2,2-7H3,(H,29,30)/t16-,19-,20-/m1/s1. The lowest BCUT2D eigenvalue weighted by Gasteiger charge is -2.48. The van der Waals surface area contributed by atoms with Crippen molar-refractivity contribution in [2.75, 3.05) is 19.7 Å². The van der Waals surface area contributed by atoms with Crippen molar-refractivity contribution in [2.45, 2.75) is 83.7 Å². The topological polar surface area (TPSA) is 96.4 Å². The van der Waals surface area contributed by atoms with Gasteiger partial charge in [-0.1, -0.05) is 33.4 Å². The summed E-state index contributed by atoms with van der Waals surface area (Å²) in [6.07, 6.45) is 3.76. The van der Waals surface area contributed by atoms with Gasteiger partial charge in [-0.15, -0.1) is 0 Å². The van der Waals surface area contributed by atoms with E-state index in [2.05, 4.69) is 40.4 Å². The fourth-order valence-corrected chi connectivity index (χ4v) is 6.56. The SMILES string of the molecule is C=CCOC(=O)N1CCC(CC2=C(C(=O)O)N3C(=O)[C@H]([C@@H](C)O[Si](C)(C)C(C)(C)C)[C@H]3C2)CC1. The van der Waals surface area contributed by atoms with Crippen molar-refractivity contribution >= 4 is 26.3 Å². The predicted molar refractivity (Wildman–Crippen MR) is 132 cm³/mol. The van der Waals surface area contributed by atoms with Crippen LogP contribution >= 0.6 is 0 Å². The lowest BCUT2D eigenvalue weighted by molar-refractivity contribution is -0.160. The number of piperidine rings is 1. The van der Waals surface area contributed by atoms with Gasteiger partial charge in [0.15, 0.2) is 8.32 Å². The third-order valence-electron chi connectivity index (χ3n) is 8.03. The molecule has 190 valence electrons. The zero-order valence-electron chi connectivity index (χ0n) is 21.4. The minimum absolute atomic E-state index is 0.0338. The van der Waals surface area contributed by atoms with Crippen molar-refractivity contribution in [1.82, 2.24) is 9.80 Å².